The average Bonchev–Trinajstić information content (AvgIpc) is 3.14. The maximum Gasteiger partial charge on any atom is 0.677 e. The molecule has 1 aliphatic rings. The van der Waals surface area contributed by atoms with Gasteiger partial charge in [0.2, 0.25) is 0 Å². The van der Waals surface area contributed by atoms with Crippen molar-refractivity contribution < 1.29 is 27.5 Å². The van der Waals surface area contributed by atoms with Crippen LogP contribution >= 0.6 is 0 Å². The van der Waals surface area contributed by atoms with Crippen LogP contribution in [0.5, 0.6) is 0 Å². The lowest BCUT2D eigenvalue weighted by Crippen LogP contribution is -2.50. The summed E-state index contributed by atoms with van der Waals surface area (Å²) in [6.07, 6.45) is 0.607. The molecule has 0 aromatic rings. The van der Waals surface area contributed by atoms with Crippen LogP contribution in [0.2, 0.25) is 0 Å². The average molecular weight is 294 g/mol. The monoisotopic (exact) mass is 294 g/mol. The van der Waals surface area contributed by atoms with Crippen molar-refractivity contribution in [3.63, 3.8) is 0 Å². The van der Waals surface area contributed by atoms with E-state index in [0.29, 0.717) is 19.8 Å². The van der Waals surface area contributed by atoms with Crippen molar-refractivity contribution in [3.8, 4) is 0 Å². The van der Waals surface area contributed by atoms with E-state index >= 15 is 0 Å². The predicted octanol–water partition coefficient (Wildman–Crippen LogP) is 1.09. The molecule has 1 N–H and O–H groups in total. The molecule has 0 spiro atoms. The minimum atomic E-state index is -3.54. The van der Waals surface area contributed by atoms with E-state index in [1.54, 1.807) is 13.8 Å². The third-order valence-corrected chi connectivity index (χ3v) is 4.79. The van der Waals surface area contributed by atoms with E-state index in [1.165, 1.54) is 0 Å². The summed E-state index contributed by atoms with van der Waals surface area (Å²) < 4.78 is 26.9. The Bertz CT molecular complexity index is 242. The molecule has 1 rings (SSSR count). The van der Waals surface area contributed by atoms with E-state index in [9.17, 15) is 4.80 Å². The second kappa shape index (κ2) is 8.31. The van der Waals surface area contributed by atoms with Gasteiger partial charge in [-0.25, -0.2) is 0 Å². The van der Waals surface area contributed by atoms with Crippen LogP contribution in [0.1, 0.15) is 34.1 Å². The number of epoxide rings is 1. The second-order valence-electron chi connectivity index (χ2n) is 4.45. The molecule has 3 unspecified atom stereocenters. The van der Waals surface area contributed by atoms with Gasteiger partial charge in [-0.15, -0.1) is 0 Å². The summed E-state index contributed by atoms with van der Waals surface area (Å²) in [5.74, 6) is 0. The molecular formula is C12H26O6Si. The molecule has 3 atom stereocenters. The van der Waals surface area contributed by atoms with Crippen molar-refractivity contribution in [3.05, 3.63) is 0 Å². The largest absolute Gasteiger partial charge is 0.677 e. The number of hydrogen-bond acceptors (Lipinski definition) is 6. The van der Waals surface area contributed by atoms with Gasteiger partial charge in [-0.05, 0) is 27.2 Å². The molecule has 0 amide bonds. The fraction of sp³-hybridized carbons (Fsp3) is 1.00. The molecule has 0 saturated carbocycles. The van der Waals surface area contributed by atoms with Gasteiger partial charge < -0.3 is 27.5 Å². The summed E-state index contributed by atoms with van der Waals surface area (Å²) in [4.78, 5) is 10.2. The van der Waals surface area contributed by atoms with Crippen molar-refractivity contribution in [2.24, 2.45) is 0 Å². The lowest BCUT2D eigenvalue weighted by Gasteiger charge is -2.29. The predicted molar refractivity (Wildman–Crippen MR) is 71.5 cm³/mol. The van der Waals surface area contributed by atoms with Gasteiger partial charge in [0.15, 0.2) is 0 Å². The molecule has 1 fully saturated rings. The van der Waals surface area contributed by atoms with E-state index in [4.69, 9.17) is 22.8 Å². The molecule has 6 nitrogen and oxygen atoms in total. The first kappa shape index (κ1) is 17.0. The fourth-order valence-corrected chi connectivity index (χ4v) is 3.34. The first-order chi connectivity index (χ1) is 9.04. The highest BCUT2D eigenvalue weighted by Gasteiger charge is 2.43. The molecule has 0 radical (unpaired) electrons. The Morgan fingerprint density at radius 2 is 1.84 bits per heavy atom. The molecule has 0 aromatic carbocycles. The highest BCUT2D eigenvalue weighted by molar-refractivity contribution is 6.51. The third-order valence-electron chi connectivity index (χ3n) is 2.81. The molecule has 1 saturated heterocycles. The van der Waals surface area contributed by atoms with Crippen molar-refractivity contribution in [1.29, 1.82) is 0 Å². The van der Waals surface area contributed by atoms with Crippen LogP contribution in [0.3, 0.4) is 0 Å². The van der Waals surface area contributed by atoms with Crippen LogP contribution < -0.4 is 0 Å². The van der Waals surface area contributed by atoms with Gasteiger partial charge in [0.1, 0.15) is 6.10 Å². The summed E-state index contributed by atoms with van der Waals surface area (Å²) in [5.41, 5.74) is 0. The van der Waals surface area contributed by atoms with Gasteiger partial charge in [0.05, 0.1) is 25.4 Å². The van der Waals surface area contributed by atoms with E-state index in [-0.39, 0.29) is 18.3 Å². The van der Waals surface area contributed by atoms with Crippen molar-refractivity contribution >= 4 is 9.05 Å². The lowest BCUT2D eigenvalue weighted by atomic mass is 10.2. The summed E-state index contributed by atoms with van der Waals surface area (Å²) in [7, 11) is -3.54. The molecule has 1 heterocycles. The first-order valence-corrected chi connectivity index (χ1v) is 8.63. The normalized spacial score (nSPS) is 22.3. The van der Waals surface area contributed by atoms with Gasteiger partial charge >= 0.3 is 9.05 Å². The maximum atomic E-state index is 10.2. The summed E-state index contributed by atoms with van der Waals surface area (Å²) in [5, 5.41) is 0. The molecule has 1 aliphatic heterocycles. The Balaban J connectivity index is 2.44. The minimum Gasteiger partial charge on any atom is -0.373 e. The molecule has 7 heteroatoms. The lowest BCUT2D eigenvalue weighted by molar-refractivity contribution is -0.0831. The van der Waals surface area contributed by atoms with Crippen molar-refractivity contribution in [1.82, 2.24) is 0 Å². The quantitative estimate of drug-likeness (QED) is 0.454. The van der Waals surface area contributed by atoms with Crippen LogP contribution in [0, 0.1) is 0 Å². The SMILES string of the molecule is CCO[Si](O)(OCC)OC(C)C(CC)OCC1CO1. The Morgan fingerprint density at radius 3 is 2.26 bits per heavy atom. The zero-order valence-electron chi connectivity index (χ0n) is 12.3. The van der Waals surface area contributed by atoms with Crippen molar-refractivity contribution in [2.75, 3.05) is 26.4 Å². The first-order valence-electron chi connectivity index (χ1n) is 6.95. The highest BCUT2D eigenvalue weighted by Crippen LogP contribution is 2.17. The van der Waals surface area contributed by atoms with Gasteiger partial charge in [-0.3, -0.25) is 0 Å². The Labute approximate surface area is 116 Å². The fourth-order valence-electron chi connectivity index (χ4n) is 1.77. The van der Waals surface area contributed by atoms with Crippen LogP contribution in [0.25, 0.3) is 0 Å². The summed E-state index contributed by atoms with van der Waals surface area (Å²) in [6, 6.07) is 0. The molecule has 0 bridgehead atoms. The summed E-state index contributed by atoms with van der Waals surface area (Å²) >= 11 is 0. The molecule has 0 aliphatic carbocycles. The minimum absolute atomic E-state index is 0.107. The zero-order chi connectivity index (χ0) is 14.3. The third kappa shape index (κ3) is 6.31. The molecular weight excluding hydrogens is 268 g/mol. The molecule has 0 aromatic heterocycles. The van der Waals surface area contributed by atoms with Crippen LogP contribution in [-0.2, 0) is 22.8 Å². The topological polar surface area (TPSA) is 69.7 Å². The van der Waals surface area contributed by atoms with Crippen LogP contribution in [0.15, 0.2) is 0 Å². The smallest absolute Gasteiger partial charge is 0.373 e. The van der Waals surface area contributed by atoms with Gasteiger partial charge in [-0.1, -0.05) is 6.92 Å². The van der Waals surface area contributed by atoms with Gasteiger partial charge in [0, 0.05) is 13.2 Å². The Morgan fingerprint density at radius 1 is 1.26 bits per heavy atom. The standard InChI is InChI=1S/C12H26O6Si/c1-5-12(15-9-11-8-14-11)10(4)18-19(13,16-6-2)17-7-3/h10-13H,5-9H2,1-4H3. The highest BCUT2D eigenvalue weighted by atomic mass is 28.4. The Hall–Kier alpha value is -0.0231. The van der Waals surface area contributed by atoms with E-state index in [2.05, 4.69) is 0 Å². The second-order valence-corrected chi connectivity index (χ2v) is 6.31. The van der Waals surface area contributed by atoms with E-state index in [0.717, 1.165) is 13.0 Å². The van der Waals surface area contributed by atoms with Gasteiger partial charge in [-0.2, -0.15) is 0 Å². The maximum absolute atomic E-state index is 10.2. The van der Waals surface area contributed by atoms with Gasteiger partial charge in [0.25, 0.3) is 0 Å². The van der Waals surface area contributed by atoms with Crippen LogP contribution in [0.4, 0.5) is 0 Å². The molecule has 19 heavy (non-hydrogen) atoms. The zero-order valence-corrected chi connectivity index (χ0v) is 13.3. The number of hydrogen-bond donors (Lipinski definition) is 1. The molecule has 114 valence electrons. The van der Waals surface area contributed by atoms with Crippen LogP contribution in [-0.4, -0.2) is 58.6 Å². The number of rotatable bonds is 11. The van der Waals surface area contributed by atoms with E-state index in [1.807, 2.05) is 13.8 Å². The van der Waals surface area contributed by atoms with E-state index < -0.39 is 9.05 Å². The summed E-state index contributed by atoms with van der Waals surface area (Å²) in [6.45, 7) is 9.49. The number of ether oxygens (including phenoxy) is 2. The Kier molecular flexibility index (Phi) is 7.44. The van der Waals surface area contributed by atoms with Crippen molar-refractivity contribution in [2.45, 2.75) is 52.4 Å².